The first-order valence-electron chi connectivity index (χ1n) is 12.0. The Morgan fingerprint density at radius 2 is 2.03 bits per heavy atom. The molecule has 11 heteroatoms. The number of ether oxygens (including phenoxy) is 2. The summed E-state index contributed by atoms with van der Waals surface area (Å²) in [6.45, 7) is 9.97. The smallest absolute Gasteiger partial charge is 0.197 e. The van der Waals surface area contributed by atoms with Gasteiger partial charge in [-0.1, -0.05) is 6.07 Å². The van der Waals surface area contributed by atoms with Gasteiger partial charge in [0.05, 0.1) is 37.3 Å². The van der Waals surface area contributed by atoms with Gasteiger partial charge in [-0.25, -0.2) is 9.97 Å². The molecule has 2 aliphatic rings. The molecule has 0 bridgehead atoms. The third-order valence-electron chi connectivity index (χ3n) is 6.57. The average molecular weight is 529 g/mol. The van der Waals surface area contributed by atoms with Crippen molar-refractivity contribution in [1.29, 1.82) is 0 Å². The average Bonchev–Trinajstić information content (AvgIpc) is 3.65. The summed E-state index contributed by atoms with van der Waals surface area (Å²) in [6, 6.07) is 4.16. The van der Waals surface area contributed by atoms with E-state index in [9.17, 15) is 0 Å². The molecule has 6 heterocycles. The number of nitrogens with zero attached hydrogens (tertiary/aromatic N) is 6. The predicted molar refractivity (Wildman–Crippen MR) is 139 cm³/mol. The van der Waals surface area contributed by atoms with E-state index in [-0.39, 0.29) is 6.10 Å². The number of hydrogen-bond acceptors (Lipinski definition) is 10. The minimum atomic E-state index is 0.191. The molecule has 1 atom stereocenters. The van der Waals surface area contributed by atoms with Crippen molar-refractivity contribution < 1.29 is 9.47 Å². The normalized spacial score (nSPS) is 19.2. The van der Waals surface area contributed by atoms with E-state index < -0.39 is 0 Å². The molecule has 0 radical (unpaired) electrons. The Balaban J connectivity index is 1.39. The van der Waals surface area contributed by atoms with Crippen molar-refractivity contribution in [3.8, 4) is 10.7 Å². The topological polar surface area (TPSA) is 78.2 Å². The highest BCUT2D eigenvalue weighted by Gasteiger charge is 2.25. The first-order chi connectivity index (χ1) is 17.2. The summed E-state index contributed by atoms with van der Waals surface area (Å²) in [7, 11) is 0. The van der Waals surface area contributed by atoms with Crippen LogP contribution >= 0.6 is 34.4 Å². The zero-order valence-electron chi connectivity index (χ0n) is 19.9. The van der Waals surface area contributed by atoms with Gasteiger partial charge in [0.25, 0.3) is 0 Å². The van der Waals surface area contributed by atoms with Crippen LogP contribution in [0.4, 0.5) is 0 Å². The van der Waals surface area contributed by atoms with Crippen LogP contribution in [0, 0.1) is 13.8 Å². The molecule has 0 amide bonds. The second kappa shape index (κ2) is 10.2. The maximum atomic E-state index is 5.98. The van der Waals surface area contributed by atoms with Crippen LogP contribution in [0.3, 0.4) is 0 Å². The maximum absolute atomic E-state index is 5.98. The quantitative estimate of drug-likeness (QED) is 0.317. The number of morpholine rings is 1. The fourth-order valence-corrected chi connectivity index (χ4v) is 7.41. The minimum Gasteiger partial charge on any atom is -0.379 e. The molecule has 2 aliphatic heterocycles. The molecule has 0 unspecified atom stereocenters. The molecule has 8 nitrogen and oxygen atoms in total. The highest BCUT2D eigenvalue weighted by molar-refractivity contribution is 7.99. The molecule has 4 aromatic rings. The van der Waals surface area contributed by atoms with Crippen LogP contribution < -0.4 is 0 Å². The Bertz CT molecular complexity index is 1310. The lowest BCUT2D eigenvalue weighted by Gasteiger charge is -2.25. The maximum Gasteiger partial charge on any atom is 0.197 e. The van der Waals surface area contributed by atoms with Crippen molar-refractivity contribution >= 4 is 44.7 Å². The lowest BCUT2D eigenvalue weighted by atomic mass is 10.2. The van der Waals surface area contributed by atoms with Crippen molar-refractivity contribution in [3.63, 3.8) is 0 Å². The summed E-state index contributed by atoms with van der Waals surface area (Å²) < 4.78 is 13.7. The van der Waals surface area contributed by atoms with Gasteiger partial charge in [-0.3, -0.25) is 9.47 Å². The Labute approximate surface area is 216 Å². The second-order valence-corrected chi connectivity index (χ2v) is 12.0. The number of aryl methyl sites for hydroxylation is 2. The van der Waals surface area contributed by atoms with Crippen LogP contribution in [0.2, 0.25) is 0 Å². The molecule has 0 saturated carbocycles. The van der Waals surface area contributed by atoms with Crippen LogP contribution in [0.15, 0.2) is 27.7 Å². The predicted octanol–water partition coefficient (Wildman–Crippen LogP) is 4.79. The molecule has 2 fully saturated rings. The fraction of sp³-hybridized carbons (Fsp3) is 0.500. The summed E-state index contributed by atoms with van der Waals surface area (Å²) in [5.41, 5.74) is 1.24. The standard InChI is InChI=1S/C24H28N6O2S3/c1-15-16(2)34-22-20(15)23(26-19(25-22)14-29-7-10-31-11-8-29)35-24-28-27-21(18-6-4-12-33-18)30(24)13-17-5-3-9-32-17/h4,6,12,17H,3,5,7-11,13-14H2,1-2H3/t17-/m1/s1. The van der Waals surface area contributed by atoms with E-state index in [1.54, 1.807) is 34.4 Å². The summed E-state index contributed by atoms with van der Waals surface area (Å²) in [5.74, 6) is 1.75. The van der Waals surface area contributed by atoms with Gasteiger partial charge in [-0.2, -0.15) is 0 Å². The fourth-order valence-electron chi connectivity index (χ4n) is 4.55. The Kier molecular flexibility index (Phi) is 6.87. The molecule has 4 aromatic heterocycles. The van der Waals surface area contributed by atoms with Crippen LogP contribution in [0.1, 0.15) is 29.1 Å². The number of rotatable bonds is 7. The third kappa shape index (κ3) is 4.90. The largest absolute Gasteiger partial charge is 0.379 e. The van der Waals surface area contributed by atoms with E-state index in [0.29, 0.717) is 0 Å². The SMILES string of the molecule is Cc1sc2nc(CN3CCOCC3)nc(Sc3nnc(-c4cccs4)n3C[C@H]3CCCO3)c2c1C. The summed E-state index contributed by atoms with van der Waals surface area (Å²) in [5, 5.41) is 14.3. The van der Waals surface area contributed by atoms with E-state index in [1.165, 1.54) is 10.4 Å². The molecule has 0 aliphatic carbocycles. The summed E-state index contributed by atoms with van der Waals surface area (Å²) in [6.07, 6.45) is 2.36. The van der Waals surface area contributed by atoms with E-state index >= 15 is 0 Å². The third-order valence-corrected chi connectivity index (χ3v) is 9.51. The molecule has 35 heavy (non-hydrogen) atoms. The van der Waals surface area contributed by atoms with Gasteiger partial charge in [0.2, 0.25) is 0 Å². The summed E-state index contributed by atoms with van der Waals surface area (Å²) >= 11 is 5.03. The van der Waals surface area contributed by atoms with Gasteiger partial charge in [-0.15, -0.1) is 32.9 Å². The highest BCUT2D eigenvalue weighted by Crippen LogP contribution is 2.39. The lowest BCUT2D eigenvalue weighted by molar-refractivity contribution is 0.0330. The van der Waals surface area contributed by atoms with E-state index in [4.69, 9.17) is 19.4 Å². The number of fused-ring (bicyclic) bond motifs is 1. The minimum absolute atomic E-state index is 0.191. The van der Waals surface area contributed by atoms with Crippen molar-refractivity contribution in [1.82, 2.24) is 29.6 Å². The van der Waals surface area contributed by atoms with Crippen LogP contribution in [0.5, 0.6) is 0 Å². The lowest BCUT2D eigenvalue weighted by Crippen LogP contribution is -2.36. The molecule has 0 aromatic carbocycles. The second-order valence-electron chi connectivity index (χ2n) is 8.93. The number of hydrogen-bond donors (Lipinski definition) is 0. The summed E-state index contributed by atoms with van der Waals surface area (Å²) in [4.78, 5) is 15.8. The van der Waals surface area contributed by atoms with E-state index in [2.05, 4.69) is 51.0 Å². The molecule has 6 rings (SSSR count). The Morgan fingerprint density at radius 3 is 2.80 bits per heavy atom. The Hall–Kier alpha value is -1.89. The first-order valence-corrected chi connectivity index (χ1v) is 14.5. The molecule has 0 spiro atoms. The molecular formula is C24H28N6O2S3. The zero-order valence-corrected chi connectivity index (χ0v) is 22.3. The van der Waals surface area contributed by atoms with Crippen molar-refractivity contribution in [2.24, 2.45) is 0 Å². The van der Waals surface area contributed by atoms with Crippen LogP contribution in [0.25, 0.3) is 20.9 Å². The Morgan fingerprint density at radius 1 is 1.14 bits per heavy atom. The van der Waals surface area contributed by atoms with Crippen molar-refractivity contribution in [2.45, 2.75) is 56.1 Å². The number of aromatic nitrogens is 5. The van der Waals surface area contributed by atoms with Crippen molar-refractivity contribution in [2.75, 3.05) is 32.9 Å². The van der Waals surface area contributed by atoms with Gasteiger partial charge in [0, 0.05) is 30.0 Å². The molecule has 184 valence electrons. The van der Waals surface area contributed by atoms with Gasteiger partial charge in [0.1, 0.15) is 15.7 Å². The monoisotopic (exact) mass is 528 g/mol. The van der Waals surface area contributed by atoms with Gasteiger partial charge in [0.15, 0.2) is 11.0 Å². The molecule has 2 saturated heterocycles. The molecular weight excluding hydrogens is 501 g/mol. The first kappa shape index (κ1) is 23.5. The van der Waals surface area contributed by atoms with E-state index in [0.717, 1.165) is 95.8 Å². The number of thiophene rings is 2. The zero-order chi connectivity index (χ0) is 23.8. The van der Waals surface area contributed by atoms with Crippen LogP contribution in [-0.4, -0.2) is 68.6 Å². The van der Waals surface area contributed by atoms with Crippen LogP contribution in [-0.2, 0) is 22.6 Å². The van der Waals surface area contributed by atoms with E-state index in [1.807, 2.05) is 0 Å². The van der Waals surface area contributed by atoms with Crippen molar-refractivity contribution in [3.05, 3.63) is 33.8 Å². The van der Waals surface area contributed by atoms with Gasteiger partial charge in [-0.05, 0) is 55.5 Å². The van der Waals surface area contributed by atoms with Gasteiger partial charge < -0.3 is 9.47 Å². The molecule has 0 N–H and O–H groups in total. The van der Waals surface area contributed by atoms with Gasteiger partial charge >= 0.3 is 0 Å². The highest BCUT2D eigenvalue weighted by atomic mass is 32.2.